The zero-order valence-corrected chi connectivity index (χ0v) is 7.96. The van der Waals surface area contributed by atoms with Crippen molar-refractivity contribution >= 4 is 5.91 Å². The highest BCUT2D eigenvalue weighted by Crippen LogP contribution is 2.10. The van der Waals surface area contributed by atoms with Gasteiger partial charge >= 0.3 is 0 Å². The molecule has 0 bridgehead atoms. The molecule has 1 aliphatic rings. The van der Waals surface area contributed by atoms with Gasteiger partial charge in [-0.3, -0.25) is 4.79 Å². The van der Waals surface area contributed by atoms with Gasteiger partial charge < -0.3 is 10.1 Å². The van der Waals surface area contributed by atoms with Crippen LogP contribution in [-0.2, 0) is 9.53 Å². The number of carbonyl (C=O) groups is 1. The van der Waals surface area contributed by atoms with Crippen LogP contribution in [0.5, 0.6) is 0 Å². The van der Waals surface area contributed by atoms with Crippen LogP contribution < -0.4 is 5.32 Å². The molecule has 0 spiro atoms. The van der Waals surface area contributed by atoms with E-state index in [-0.39, 0.29) is 17.9 Å². The first kappa shape index (κ1) is 9.52. The lowest BCUT2D eigenvalue weighted by Gasteiger charge is -2.28. The van der Waals surface area contributed by atoms with Gasteiger partial charge in [-0.15, -0.1) is 0 Å². The smallest absolute Gasteiger partial charge is 0.223 e. The zero-order chi connectivity index (χ0) is 9.14. The first-order valence-corrected chi connectivity index (χ1v) is 4.49. The number of nitrogens with one attached hydrogen (secondary N) is 1. The Morgan fingerprint density at radius 3 is 2.33 bits per heavy atom. The van der Waals surface area contributed by atoms with Crippen molar-refractivity contribution in [1.82, 2.24) is 5.32 Å². The van der Waals surface area contributed by atoms with E-state index < -0.39 is 0 Å². The fourth-order valence-electron chi connectivity index (χ4n) is 0.954. The maximum absolute atomic E-state index is 11.4. The van der Waals surface area contributed by atoms with Crippen LogP contribution in [0.25, 0.3) is 0 Å². The second-order valence-electron chi connectivity index (χ2n) is 3.78. The standard InChI is InChI=1S/C9H17NO2/c1-6(2)7(3)9(11)10-8-4-12-5-8/h6-8H,4-5H2,1-3H3,(H,10,11)/t7-/m0/s1. The van der Waals surface area contributed by atoms with Crippen molar-refractivity contribution in [2.24, 2.45) is 11.8 Å². The molecule has 1 aliphatic heterocycles. The lowest BCUT2D eigenvalue weighted by molar-refractivity contribution is -0.129. The molecule has 1 atom stereocenters. The summed E-state index contributed by atoms with van der Waals surface area (Å²) in [6, 6.07) is 0.263. The van der Waals surface area contributed by atoms with E-state index in [1.54, 1.807) is 0 Å². The van der Waals surface area contributed by atoms with Gasteiger partial charge in [0.15, 0.2) is 0 Å². The summed E-state index contributed by atoms with van der Waals surface area (Å²) < 4.78 is 4.96. The van der Waals surface area contributed by atoms with Crippen molar-refractivity contribution in [1.29, 1.82) is 0 Å². The van der Waals surface area contributed by atoms with Gasteiger partial charge in [0.1, 0.15) is 0 Å². The van der Waals surface area contributed by atoms with Gasteiger partial charge in [-0.25, -0.2) is 0 Å². The van der Waals surface area contributed by atoms with Crippen molar-refractivity contribution in [2.75, 3.05) is 13.2 Å². The van der Waals surface area contributed by atoms with Crippen LogP contribution in [0.15, 0.2) is 0 Å². The van der Waals surface area contributed by atoms with Crippen LogP contribution in [0.1, 0.15) is 20.8 Å². The summed E-state index contributed by atoms with van der Waals surface area (Å²) in [4.78, 5) is 11.4. The molecule has 0 aromatic rings. The quantitative estimate of drug-likeness (QED) is 0.682. The summed E-state index contributed by atoms with van der Waals surface area (Å²) in [7, 11) is 0. The van der Waals surface area contributed by atoms with E-state index >= 15 is 0 Å². The zero-order valence-electron chi connectivity index (χ0n) is 7.96. The monoisotopic (exact) mass is 171 g/mol. The second kappa shape index (κ2) is 3.90. The van der Waals surface area contributed by atoms with E-state index in [1.165, 1.54) is 0 Å². The highest BCUT2D eigenvalue weighted by molar-refractivity contribution is 5.78. The summed E-state index contributed by atoms with van der Waals surface area (Å²) in [5.41, 5.74) is 0. The van der Waals surface area contributed by atoms with Gasteiger partial charge in [-0.05, 0) is 5.92 Å². The number of rotatable bonds is 3. The molecule has 0 aromatic heterocycles. The fraction of sp³-hybridized carbons (Fsp3) is 0.889. The molecule has 0 radical (unpaired) electrons. The van der Waals surface area contributed by atoms with E-state index in [0.29, 0.717) is 19.1 Å². The molecule has 0 saturated carbocycles. The topological polar surface area (TPSA) is 38.3 Å². The van der Waals surface area contributed by atoms with Gasteiger partial charge in [0.2, 0.25) is 5.91 Å². The normalized spacial score (nSPS) is 20.3. The first-order valence-electron chi connectivity index (χ1n) is 4.49. The van der Waals surface area contributed by atoms with E-state index in [9.17, 15) is 4.79 Å². The van der Waals surface area contributed by atoms with Crippen LogP contribution in [0.3, 0.4) is 0 Å². The predicted octanol–water partition coefficient (Wildman–Crippen LogP) is 0.793. The molecular formula is C9H17NO2. The largest absolute Gasteiger partial charge is 0.377 e. The molecule has 0 aromatic carbocycles. The number of carbonyl (C=O) groups excluding carboxylic acids is 1. The van der Waals surface area contributed by atoms with Crippen LogP contribution in [0.2, 0.25) is 0 Å². The maximum Gasteiger partial charge on any atom is 0.223 e. The number of amides is 1. The minimum atomic E-state index is 0.102. The Morgan fingerprint density at radius 2 is 2.00 bits per heavy atom. The molecule has 3 nitrogen and oxygen atoms in total. The molecule has 1 amide bonds. The molecule has 1 fully saturated rings. The second-order valence-corrected chi connectivity index (χ2v) is 3.78. The molecular weight excluding hydrogens is 154 g/mol. The van der Waals surface area contributed by atoms with Gasteiger partial charge in [-0.2, -0.15) is 0 Å². The lowest BCUT2D eigenvalue weighted by atomic mass is 9.97. The van der Waals surface area contributed by atoms with Crippen LogP contribution >= 0.6 is 0 Å². The number of hydrogen-bond acceptors (Lipinski definition) is 2. The third-order valence-electron chi connectivity index (χ3n) is 2.40. The van der Waals surface area contributed by atoms with Crippen molar-refractivity contribution in [3.63, 3.8) is 0 Å². The molecule has 3 heteroatoms. The third kappa shape index (κ3) is 2.21. The summed E-state index contributed by atoms with van der Waals surface area (Å²) in [6.45, 7) is 7.43. The molecule has 0 aliphatic carbocycles. The Bertz CT molecular complexity index is 164. The van der Waals surface area contributed by atoms with E-state index in [1.807, 2.05) is 6.92 Å². The van der Waals surface area contributed by atoms with Gasteiger partial charge in [0.25, 0.3) is 0 Å². The van der Waals surface area contributed by atoms with E-state index in [0.717, 1.165) is 0 Å². The van der Waals surface area contributed by atoms with E-state index in [2.05, 4.69) is 19.2 Å². The Hall–Kier alpha value is -0.570. The third-order valence-corrected chi connectivity index (χ3v) is 2.40. The predicted molar refractivity (Wildman–Crippen MR) is 46.8 cm³/mol. The SMILES string of the molecule is CC(C)[C@H](C)C(=O)NC1COC1. The highest BCUT2D eigenvalue weighted by Gasteiger charge is 2.24. The highest BCUT2D eigenvalue weighted by atomic mass is 16.5. The molecule has 0 unspecified atom stereocenters. The minimum Gasteiger partial charge on any atom is -0.377 e. The molecule has 70 valence electrons. The summed E-state index contributed by atoms with van der Waals surface area (Å²) in [5.74, 6) is 0.662. The van der Waals surface area contributed by atoms with Gasteiger partial charge in [0, 0.05) is 5.92 Å². The molecule has 1 heterocycles. The summed E-state index contributed by atoms with van der Waals surface area (Å²) >= 11 is 0. The van der Waals surface area contributed by atoms with E-state index in [4.69, 9.17) is 4.74 Å². The number of ether oxygens (including phenoxy) is 1. The van der Waals surface area contributed by atoms with Gasteiger partial charge in [0.05, 0.1) is 19.3 Å². The average molecular weight is 171 g/mol. The van der Waals surface area contributed by atoms with Crippen LogP contribution in [0, 0.1) is 11.8 Å². The van der Waals surface area contributed by atoms with Crippen molar-refractivity contribution in [2.45, 2.75) is 26.8 Å². The van der Waals surface area contributed by atoms with Crippen molar-refractivity contribution in [3.05, 3.63) is 0 Å². The lowest BCUT2D eigenvalue weighted by Crippen LogP contribution is -2.50. The van der Waals surface area contributed by atoms with Crippen LogP contribution in [-0.4, -0.2) is 25.2 Å². The van der Waals surface area contributed by atoms with Crippen molar-refractivity contribution < 1.29 is 9.53 Å². The maximum atomic E-state index is 11.4. The molecule has 12 heavy (non-hydrogen) atoms. The van der Waals surface area contributed by atoms with Crippen molar-refractivity contribution in [3.8, 4) is 0 Å². The van der Waals surface area contributed by atoms with Crippen LogP contribution in [0.4, 0.5) is 0 Å². The Kier molecular flexibility index (Phi) is 3.09. The van der Waals surface area contributed by atoms with Gasteiger partial charge in [-0.1, -0.05) is 20.8 Å². The Morgan fingerprint density at radius 1 is 1.42 bits per heavy atom. The fourth-order valence-corrected chi connectivity index (χ4v) is 0.954. The Balaban J connectivity index is 2.26. The summed E-state index contributed by atoms with van der Waals surface area (Å²) in [5, 5.41) is 2.93. The average Bonchev–Trinajstić information content (AvgIpc) is 1.94. The Labute approximate surface area is 73.5 Å². The molecule has 1 N–H and O–H groups in total. The minimum absolute atomic E-state index is 0.102. The molecule has 1 saturated heterocycles. The first-order chi connectivity index (χ1) is 5.61. The summed E-state index contributed by atoms with van der Waals surface area (Å²) in [6.07, 6.45) is 0. The molecule has 1 rings (SSSR count). The number of hydrogen-bond donors (Lipinski definition) is 1.